The molecule has 4 nitrogen and oxygen atoms in total. The molecule has 0 saturated heterocycles. The molecule has 0 radical (unpaired) electrons. The summed E-state index contributed by atoms with van der Waals surface area (Å²) in [5.41, 5.74) is 5.51. The fourth-order valence-electron chi connectivity index (χ4n) is 0.738. The summed E-state index contributed by atoms with van der Waals surface area (Å²) in [4.78, 5) is 0. The minimum atomic E-state index is -3.01. The van der Waals surface area contributed by atoms with E-state index in [0.29, 0.717) is 6.42 Å². The smallest absolute Gasteiger partial charge is 0.154 e. The Hall–Kier alpha value is -0.130. The van der Waals surface area contributed by atoms with Crippen LogP contribution in [-0.4, -0.2) is 39.7 Å². The van der Waals surface area contributed by atoms with Gasteiger partial charge in [0.2, 0.25) is 0 Å². The van der Waals surface area contributed by atoms with Crippen molar-refractivity contribution in [2.75, 3.05) is 25.2 Å². The molecule has 0 aromatic carbocycles. The van der Waals surface area contributed by atoms with Crippen LogP contribution in [0.3, 0.4) is 0 Å². The molecular weight excluding hydrogens is 178 g/mol. The van der Waals surface area contributed by atoms with Crippen molar-refractivity contribution >= 4 is 9.84 Å². The van der Waals surface area contributed by atoms with E-state index < -0.39 is 9.84 Å². The third-order valence-corrected chi connectivity index (χ3v) is 3.32. The lowest BCUT2D eigenvalue weighted by Gasteiger charge is -2.08. The van der Waals surface area contributed by atoms with Gasteiger partial charge in [0.15, 0.2) is 9.84 Å². The van der Waals surface area contributed by atoms with Gasteiger partial charge in [0.05, 0.1) is 18.1 Å². The number of hydrogen-bond acceptors (Lipinski definition) is 4. The Morgan fingerprint density at radius 1 is 1.50 bits per heavy atom. The van der Waals surface area contributed by atoms with Crippen molar-refractivity contribution < 1.29 is 13.2 Å². The van der Waals surface area contributed by atoms with Crippen molar-refractivity contribution in [3.63, 3.8) is 0 Å². The Kier molecular flexibility index (Phi) is 5.44. The molecule has 0 aromatic rings. The maximum Gasteiger partial charge on any atom is 0.154 e. The molecule has 0 aliphatic heterocycles. The second kappa shape index (κ2) is 5.50. The first kappa shape index (κ1) is 11.9. The molecule has 74 valence electrons. The average molecular weight is 195 g/mol. The van der Waals surface area contributed by atoms with Crippen LogP contribution in [-0.2, 0) is 14.6 Å². The summed E-state index contributed by atoms with van der Waals surface area (Å²) >= 11 is 0. The molecule has 2 N–H and O–H groups in total. The number of hydrogen-bond donors (Lipinski definition) is 1. The minimum Gasteiger partial charge on any atom is -0.384 e. The van der Waals surface area contributed by atoms with Gasteiger partial charge in [0.1, 0.15) is 0 Å². The minimum absolute atomic E-state index is 0.0624. The third kappa shape index (κ3) is 5.51. The van der Waals surface area contributed by atoms with Gasteiger partial charge in [-0.05, 0) is 6.42 Å². The van der Waals surface area contributed by atoms with Crippen molar-refractivity contribution in [3.05, 3.63) is 0 Å². The SMILES string of the molecule is CCC(N)CS(=O)(=O)CCOC. The zero-order valence-corrected chi connectivity index (χ0v) is 8.43. The Morgan fingerprint density at radius 3 is 2.50 bits per heavy atom. The number of methoxy groups -OCH3 is 1. The second-order valence-corrected chi connectivity index (χ2v) is 5.00. The molecule has 1 atom stereocenters. The van der Waals surface area contributed by atoms with E-state index in [9.17, 15) is 8.42 Å². The summed E-state index contributed by atoms with van der Waals surface area (Å²) in [5.74, 6) is 0.129. The fourth-order valence-corrected chi connectivity index (χ4v) is 2.21. The maximum atomic E-state index is 11.2. The van der Waals surface area contributed by atoms with Gasteiger partial charge in [0, 0.05) is 13.2 Å². The molecule has 0 saturated carbocycles. The van der Waals surface area contributed by atoms with E-state index in [2.05, 4.69) is 4.74 Å². The van der Waals surface area contributed by atoms with Crippen molar-refractivity contribution in [3.8, 4) is 0 Å². The number of sulfone groups is 1. The Labute approximate surface area is 74.0 Å². The molecule has 12 heavy (non-hydrogen) atoms. The standard InChI is InChI=1S/C7H17NO3S/c1-3-7(8)6-12(9,10)5-4-11-2/h7H,3-6,8H2,1-2H3. The summed E-state index contributed by atoms with van der Waals surface area (Å²) in [7, 11) is -1.52. The lowest BCUT2D eigenvalue weighted by molar-refractivity contribution is 0.217. The Balaban J connectivity index is 3.88. The van der Waals surface area contributed by atoms with Gasteiger partial charge >= 0.3 is 0 Å². The van der Waals surface area contributed by atoms with Crippen LogP contribution in [0.25, 0.3) is 0 Å². The van der Waals surface area contributed by atoms with Crippen LogP contribution in [0.2, 0.25) is 0 Å². The largest absolute Gasteiger partial charge is 0.384 e. The molecule has 0 fully saturated rings. The van der Waals surface area contributed by atoms with E-state index in [1.807, 2.05) is 6.92 Å². The molecule has 0 aliphatic rings. The predicted molar refractivity (Wildman–Crippen MR) is 48.8 cm³/mol. The van der Waals surface area contributed by atoms with Crippen molar-refractivity contribution in [2.24, 2.45) is 5.73 Å². The van der Waals surface area contributed by atoms with Gasteiger partial charge in [-0.1, -0.05) is 6.92 Å². The van der Waals surface area contributed by atoms with Crippen molar-refractivity contribution in [2.45, 2.75) is 19.4 Å². The van der Waals surface area contributed by atoms with Crippen LogP contribution in [0.15, 0.2) is 0 Å². The quantitative estimate of drug-likeness (QED) is 0.636. The highest BCUT2D eigenvalue weighted by molar-refractivity contribution is 7.91. The lowest BCUT2D eigenvalue weighted by atomic mass is 10.3. The monoisotopic (exact) mass is 195 g/mol. The lowest BCUT2D eigenvalue weighted by Crippen LogP contribution is -2.30. The van der Waals surface area contributed by atoms with Gasteiger partial charge < -0.3 is 10.5 Å². The number of nitrogens with two attached hydrogens (primary N) is 1. The number of rotatable bonds is 6. The van der Waals surface area contributed by atoms with Crippen LogP contribution < -0.4 is 5.73 Å². The summed E-state index contributed by atoms with van der Waals surface area (Å²) in [5, 5.41) is 0. The summed E-state index contributed by atoms with van der Waals surface area (Å²) in [6, 6.07) is -0.244. The second-order valence-electron chi connectivity index (χ2n) is 2.78. The first-order valence-corrected chi connectivity index (χ1v) is 5.79. The van der Waals surface area contributed by atoms with Gasteiger partial charge in [-0.25, -0.2) is 8.42 Å². The molecule has 5 heteroatoms. The van der Waals surface area contributed by atoms with Crippen molar-refractivity contribution in [1.29, 1.82) is 0 Å². The highest BCUT2D eigenvalue weighted by Gasteiger charge is 2.14. The number of ether oxygens (including phenoxy) is 1. The van der Waals surface area contributed by atoms with E-state index in [0.717, 1.165) is 0 Å². The van der Waals surface area contributed by atoms with Crippen LogP contribution in [0, 0.1) is 0 Å². The Bertz CT molecular complexity index is 201. The molecule has 0 bridgehead atoms. The zero-order chi connectivity index (χ0) is 9.61. The van der Waals surface area contributed by atoms with Gasteiger partial charge in [-0.15, -0.1) is 0 Å². The van der Waals surface area contributed by atoms with E-state index in [1.165, 1.54) is 7.11 Å². The zero-order valence-electron chi connectivity index (χ0n) is 7.62. The van der Waals surface area contributed by atoms with Crippen LogP contribution in [0.4, 0.5) is 0 Å². The first-order valence-electron chi connectivity index (χ1n) is 3.96. The molecular formula is C7H17NO3S. The fraction of sp³-hybridized carbons (Fsp3) is 1.00. The van der Waals surface area contributed by atoms with Gasteiger partial charge in [-0.2, -0.15) is 0 Å². The first-order chi connectivity index (χ1) is 5.52. The third-order valence-electron chi connectivity index (χ3n) is 1.59. The van der Waals surface area contributed by atoms with E-state index in [4.69, 9.17) is 5.73 Å². The normalized spacial score (nSPS) is 14.6. The molecule has 0 aliphatic carbocycles. The van der Waals surface area contributed by atoms with Crippen molar-refractivity contribution in [1.82, 2.24) is 0 Å². The summed E-state index contributed by atoms with van der Waals surface area (Å²) < 4.78 is 27.1. The van der Waals surface area contributed by atoms with E-state index in [-0.39, 0.29) is 24.2 Å². The van der Waals surface area contributed by atoms with E-state index >= 15 is 0 Å². The van der Waals surface area contributed by atoms with E-state index in [1.54, 1.807) is 0 Å². The average Bonchev–Trinajstić information content (AvgIpc) is 2.00. The van der Waals surface area contributed by atoms with Gasteiger partial charge in [0.25, 0.3) is 0 Å². The molecule has 0 heterocycles. The summed E-state index contributed by atoms with van der Waals surface area (Å²) in [6.45, 7) is 2.12. The maximum absolute atomic E-state index is 11.2. The molecule has 0 aromatic heterocycles. The topological polar surface area (TPSA) is 69.4 Å². The molecule has 0 rings (SSSR count). The van der Waals surface area contributed by atoms with Crippen LogP contribution in [0.1, 0.15) is 13.3 Å². The van der Waals surface area contributed by atoms with Gasteiger partial charge in [-0.3, -0.25) is 0 Å². The predicted octanol–water partition coefficient (Wildman–Crippen LogP) is -0.215. The highest BCUT2D eigenvalue weighted by Crippen LogP contribution is 1.96. The Morgan fingerprint density at radius 2 is 2.08 bits per heavy atom. The molecule has 1 unspecified atom stereocenters. The summed E-state index contributed by atoms with van der Waals surface area (Å²) in [6.07, 6.45) is 0.687. The van der Waals surface area contributed by atoms with Crippen LogP contribution >= 0.6 is 0 Å². The molecule has 0 amide bonds. The molecule has 0 spiro atoms. The van der Waals surface area contributed by atoms with Crippen LogP contribution in [0.5, 0.6) is 0 Å². The highest BCUT2D eigenvalue weighted by atomic mass is 32.2.